The topological polar surface area (TPSA) is 0 Å². The van der Waals surface area contributed by atoms with E-state index in [4.69, 9.17) is 92.8 Å². The van der Waals surface area contributed by atoms with E-state index in [-0.39, 0.29) is 20.4 Å². The van der Waals surface area contributed by atoms with Crippen molar-refractivity contribution in [1.29, 1.82) is 0 Å². The fourth-order valence-electron chi connectivity index (χ4n) is 1.98. The Morgan fingerprint density at radius 3 is 0.422 bits per heavy atom. The molecule has 0 atom stereocenters. The number of halogens is 20. The van der Waals surface area contributed by atoms with Crippen LogP contribution in [0.3, 0.4) is 0 Å². The summed E-state index contributed by atoms with van der Waals surface area (Å²) in [7, 11) is 0. The average Bonchev–Trinajstić information content (AvgIpc) is 2.97. The van der Waals surface area contributed by atoms with Gasteiger partial charge >= 0.3 is 0 Å². The molecular weight excluding hydrogens is 906 g/mol. The van der Waals surface area contributed by atoms with Gasteiger partial charge in [0.05, 0.1) is 23.3 Å². The fraction of sp³-hybridized carbons (Fsp3) is 0. The molecular formula is C24Cl8F12Pd-4. The molecule has 0 N–H and O–H groups in total. The second-order valence-electron chi connectivity index (χ2n) is 6.78. The van der Waals surface area contributed by atoms with Gasteiger partial charge in [0.25, 0.3) is 0 Å². The fourth-order valence-corrected chi connectivity index (χ4v) is 3.31. The van der Waals surface area contributed by atoms with Crippen LogP contribution in [0.2, 0.25) is 40.2 Å². The van der Waals surface area contributed by atoms with Crippen molar-refractivity contribution in [2.75, 3.05) is 0 Å². The van der Waals surface area contributed by atoms with Crippen LogP contribution in [0.5, 0.6) is 0 Å². The summed E-state index contributed by atoms with van der Waals surface area (Å²) in [5, 5.41) is -6.80. The summed E-state index contributed by atoms with van der Waals surface area (Å²) in [6.07, 6.45) is 0. The summed E-state index contributed by atoms with van der Waals surface area (Å²) in [5.41, 5.74) is 0. The predicted molar refractivity (Wildman–Crippen MR) is 141 cm³/mol. The Balaban J connectivity index is 0.000000569. The van der Waals surface area contributed by atoms with Crippen molar-refractivity contribution in [1.82, 2.24) is 0 Å². The Morgan fingerprint density at radius 1 is 0.244 bits per heavy atom. The van der Waals surface area contributed by atoms with Gasteiger partial charge in [0, 0.05) is 107 Å². The molecule has 0 fully saturated rings. The largest absolute Gasteiger partial charge is 0.234 e. The molecule has 0 aliphatic heterocycles. The zero-order valence-electron chi connectivity index (χ0n) is 19.9. The van der Waals surface area contributed by atoms with E-state index < -0.39 is 110 Å². The molecule has 45 heavy (non-hydrogen) atoms. The molecule has 4 aromatic rings. The van der Waals surface area contributed by atoms with Gasteiger partial charge in [-0.1, -0.05) is 0 Å². The van der Waals surface area contributed by atoms with E-state index in [9.17, 15) is 52.7 Å². The minimum absolute atomic E-state index is 0. The van der Waals surface area contributed by atoms with E-state index in [1.165, 1.54) is 24.3 Å². The summed E-state index contributed by atoms with van der Waals surface area (Å²) < 4.78 is 148. The van der Waals surface area contributed by atoms with Crippen molar-refractivity contribution in [3.05, 3.63) is 134 Å². The van der Waals surface area contributed by atoms with Gasteiger partial charge < -0.3 is 0 Å². The number of hydrogen-bond donors (Lipinski definition) is 0. The van der Waals surface area contributed by atoms with Crippen LogP contribution in [0.25, 0.3) is 0 Å². The van der Waals surface area contributed by atoms with E-state index in [0.717, 1.165) is 0 Å². The molecule has 0 saturated carbocycles. The average molecular weight is 906 g/mol. The zero-order chi connectivity index (χ0) is 34.4. The summed E-state index contributed by atoms with van der Waals surface area (Å²) in [5.74, 6) is -15.5. The first-order valence-corrected chi connectivity index (χ1v) is 12.8. The minimum atomic E-state index is -1.30. The van der Waals surface area contributed by atoms with Crippen LogP contribution in [0.1, 0.15) is 0 Å². The molecule has 0 aliphatic carbocycles. The van der Waals surface area contributed by atoms with Crippen LogP contribution < -0.4 is 0 Å². The molecule has 250 valence electrons. The molecule has 0 nitrogen and oxygen atoms in total. The Labute approximate surface area is 298 Å². The minimum Gasteiger partial charge on any atom is -0.234 e. The SMILES string of the molecule is Fc1[c-]c(F)c(Cl)c(F)c1Cl.Fc1[c-]c(F)c(Cl)c(F)c1Cl.Fc1[c-]c(F)c(Cl)c(F)c1Cl.Fc1[c-]c(F)c(Cl)c(F)c1Cl.[Pd]. The van der Waals surface area contributed by atoms with Crippen molar-refractivity contribution < 1.29 is 73.1 Å². The van der Waals surface area contributed by atoms with E-state index in [2.05, 4.69) is 0 Å². The normalized spacial score (nSPS) is 10.0. The molecule has 0 heterocycles. The van der Waals surface area contributed by atoms with E-state index >= 15 is 0 Å². The molecule has 0 radical (unpaired) electrons. The molecule has 0 amide bonds. The summed E-state index contributed by atoms with van der Waals surface area (Å²) in [4.78, 5) is 0. The van der Waals surface area contributed by atoms with E-state index in [0.29, 0.717) is 0 Å². The monoisotopic (exact) mass is 902 g/mol. The molecule has 0 bridgehead atoms. The first kappa shape index (κ1) is 44.0. The first-order chi connectivity index (χ1) is 20.1. The third kappa shape index (κ3) is 11.6. The van der Waals surface area contributed by atoms with Crippen LogP contribution >= 0.6 is 92.8 Å². The van der Waals surface area contributed by atoms with Crippen LogP contribution in [-0.2, 0) is 20.4 Å². The van der Waals surface area contributed by atoms with Crippen molar-refractivity contribution >= 4 is 92.8 Å². The van der Waals surface area contributed by atoms with Gasteiger partial charge in [0.15, 0.2) is 0 Å². The summed E-state index contributed by atoms with van der Waals surface area (Å²) in [6.45, 7) is 0. The maximum absolute atomic E-state index is 12.5. The Bertz CT molecular complexity index is 1340. The van der Waals surface area contributed by atoms with Gasteiger partial charge in [-0.15, -0.1) is 24.3 Å². The number of benzene rings is 4. The van der Waals surface area contributed by atoms with Gasteiger partial charge in [-0.05, 0) is 0 Å². The van der Waals surface area contributed by atoms with E-state index in [1.807, 2.05) is 0 Å². The van der Waals surface area contributed by atoms with Crippen molar-refractivity contribution in [2.45, 2.75) is 0 Å². The Kier molecular flexibility index (Phi) is 18.7. The van der Waals surface area contributed by atoms with Crippen LogP contribution in [0, 0.1) is 94.1 Å². The summed E-state index contributed by atoms with van der Waals surface area (Å²) in [6, 6.07) is 6.04. The number of hydrogen-bond acceptors (Lipinski definition) is 0. The molecule has 4 rings (SSSR count). The second-order valence-corrected chi connectivity index (χ2v) is 9.80. The smallest absolute Gasteiger partial charge is 0.0566 e. The van der Waals surface area contributed by atoms with Crippen molar-refractivity contribution in [3.8, 4) is 0 Å². The van der Waals surface area contributed by atoms with Crippen LogP contribution in [0.4, 0.5) is 52.7 Å². The third-order valence-electron chi connectivity index (χ3n) is 3.96. The predicted octanol–water partition coefficient (Wildman–Crippen LogP) is 12.8. The quantitative estimate of drug-likeness (QED) is 0.0542. The maximum atomic E-state index is 12.5. The van der Waals surface area contributed by atoms with Gasteiger partial charge in [-0.2, -0.15) is 92.8 Å². The zero-order valence-corrected chi connectivity index (χ0v) is 27.5. The standard InChI is InChI=1S/4C6Cl2F3.Pd/c4*7-4-2(9)1-3(10)5(8)6(4)11;/q4*-1;. The Hall–Kier alpha value is -0.978. The molecule has 21 heteroatoms. The van der Waals surface area contributed by atoms with Crippen molar-refractivity contribution in [2.24, 2.45) is 0 Å². The second kappa shape index (κ2) is 19.1. The van der Waals surface area contributed by atoms with Gasteiger partial charge in [-0.3, -0.25) is 0 Å². The molecule has 4 aromatic carbocycles. The maximum Gasteiger partial charge on any atom is 0.0566 e. The van der Waals surface area contributed by atoms with Gasteiger partial charge in [-0.25, -0.2) is 52.7 Å². The van der Waals surface area contributed by atoms with Crippen LogP contribution in [-0.4, -0.2) is 0 Å². The van der Waals surface area contributed by atoms with Gasteiger partial charge in [0.1, 0.15) is 0 Å². The van der Waals surface area contributed by atoms with Crippen molar-refractivity contribution in [3.63, 3.8) is 0 Å². The van der Waals surface area contributed by atoms with Crippen LogP contribution in [0.15, 0.2) is 0 Å². The molecule has 0 spiro atoms. The molecule has 0 saturated heterocycles. The third-order valence-corrected chi connectivity index (χ3v) is 6.62. The first-order valence-electron chi connectivity index (χ1n) is 9.78. The molecule has 0 aromatic heterocycles. The molecule has 0 unspecified atom stereocenters. The van der Waals surface area contributed by atoms with E-state index in [1.54, 1.807) is 0 Å². The Morgan fingerprint density at radius 2 is 0.333 bits per heavy atom. The summed E-state index contributed by atoms with van der Waals surface area (Å²) >= 11 is 40.2. The van der Waals surface area contributed by atoms with Gasteiger partial charge in [0.2, 0.25) is 0 Å². The molecule has 0 aliphatic rings. The number of rotatable bonds is 0.